The van der Waals surface area contributed by atoms with Crippen LogP contribution in [0, 0.1) is 5.92 Å². The Morgan fingerprint density at radius 3 is 2.38 bits per heavy atom. The minimum Gasteiger partial charge on any atom is -0.359 e. The van der Waals surface area contributed by atoms with Gasteiger partial charge < -0.3 is 5.32 Å². The van der Waals surface area contributed by atoms with Crippen LogP contribution in [0.1, 0.15) is 52.4 Å². The van der Waals surface area contributed by atoms with E-state index in [1.807, 2.05) is 6.92 Å². The van der Waals surface area contributed by atoms with Crippen molar-refractivity contribution in [2.45, 2.75) is 52.4 Å². The average molecular weight is 185 g/mol. The quantitative estimate of drug-likeness (QED) is 0.607. The van der Waals surface area contributed by atoms with E-state index in [0.717, 1.165) is 6.42 Å². The molecular formula is C11H23NO. The Balaban J connectivity index is 3.26. The number of amides is 1. The molecule has 0 saturated heterocycles. The molecule has 1 amide bonds. The molecule has 0 saturated carbocycles. The summed E-state index contributed by atoms with van der Waals surface area (Å²) in [5.74, 6) is 0.363. The maximum absolute atomic E-state index is 11.1. The fourth-order valence-electron chi connectivity index (χ4n) is 1.43. The smallest absolute Gasteiger partial charge is 0.222 e. The summed E-state index contributed by atoms with van der Waals surface area (Å²) in [6.45, 7) is 4.21. The van der Waals surface area contributed by atoms with Gasteiger partial charge in [0.05, 0.1) is 0 Å². The van der Waals surface area contributed by atoms with Crippen molar-refractivity contribution in [3.63, 3.8) is 0 Å². The zero-order valence-electron chi connectivity index (χ0n) is 9.23. The van der Waals surface area contributed by atoms with E-state index in [2.05, 4.69) is 12.2 Å². The molecule has 2 heteroatoms. The van der Waals surface area contributed by atoms with Crippen LogP contribution in [0.15, 0.2) is 0 Å². The van der Waals surface area contributed by atoms with Gasteiger partial charge in [0.15, 0.2) is 0 Å². The molecule has 0 aromatic heterocycles. The lowest BCUT2D eigenvalue weighted by molar-refractivity contribution is -0.124. The second-order valence-electron chi connectivity index (χ2n) is 3.72. The van der Waals surface area contributed by atoms with Gasteiger partial charge in [-0.25, -0.2) is 0 Å². The van der Waals surface area contributed by atoms with Crippen LogP contribution < -0.4 is 5.32 Å². The molecule has 0 aromatic rings. The Hall–Kier alpha value is -0.530. The summed E-state index contributed by atoms with van der Waals surface area (Å²) >= 11 is 0. The van der Waals surface area contributed by atoms with E-state index in [9.17, 15) is 4.79 Å². The fourth-order valence-corrected chi connectivity index (χ4v) is 1.43. The highest BCUT2D eigenvalue weighted by atomic mass is 16.1. The third kappa shape index (κ3) is 6.62. The van der Waals surface area contributed by atoms with Crippen molar-refractivity contribution in [2.24, 2.45) is 5.92 Å². The fraction of sp³-hybridized carbons (Fsp3) is 0.909. The number of carbonyl (C=O) groups is 1. The maximum atomic E-state index is 11.1. The minimum atomic E-state index is 0.176. The molecule has 0 spiro atoms. The molecule has 78 valence electrons. The van der Waals surface area contributed by atoms with Gasteiger partial charge in [-0.05, 0) is 6.42 Å². The van der Waals surface area contributed by atoms with Crippen LogP contribution in [-0.4, -0.2) is 13.0 Å². The summed E-state index contributed by atoms with van der Waals surface area (Å²) in [6, 6.07) is 0. The van der Waals surface area contributed by atoms with Crippen LogP contribution in [0.4, 0.5) is 0 Å². The van der Waals surface area contributed by atoms with Gasteiger partial charge in [0, 0.05) is 13.0 Å². The normalized spacial score (nSPS) is 12.5. The predicted molar refractivity (Wildman–Crippen MR) is 56.6 cm³/mol. The lowest BCUT2D eigenvalue weighted by atomic mass is 10.0. The van der Waals surface area contributed by atoms with Crippen LogP contribution in [0.5, 0.6) is 0 Å². The lowest BCUT2D eigenvalue weighted by Crippen LogP contribution is -2.25. The second-order valence-corrected chi connectivity index (χ2v) is 3.72. The van der Waals surface area contributed by atoms with Crippen LogP contribution >= 0.6 is 0 Å². The number of unbranched alkanes of at least 4 members (excludes halogenated alkanes) is 4. The first-order valence-electron chi connectivity index (χ1n) is 5.44. The summed E-state index contributed by atoms with van der Waals surface area (Å²) in [4.78, 5) is 11.1. The highest BCUT2D eigenvalue weighted by Crippen LogP contribution is 2.11. The largest absolute Gasteiger partial charge is 0.359 e. The number of nitrogens with one attached hydrogen (secondary N) is 1. The van der Waals surface area contributed by atoms with E-state index < -0.39 is 0 Å². The number of carbonyl (C=O) groups excluding carboxylic acids is 1. The first-order chi connectivity index (χ1) is 6.22. The topological polar surface area (TPSA) is 29.1 Å². The van der Waals surface area contributed by atoms with Crippen molar-refractivity contribution in [3.05, 3.63) is 0 Å². The van der Waals surface area contributed by atoms with E-state index in [1.165, 1.54) is 32.1 Å². The molecule has 0 bridgehead atoms. The van der Waals surface area contributed by atoms with Crippen molar-refractivity contribution in [2.75, 3.05) is 7.05 Å². The van der Waals surface area contributed by atoms with E-state index in [4.69, 9.17) is 0 Å². The van der Waals surface area contributed by atoms with Crippen LogP contribution in [0.2, 0.25) is 0 Å². The van der Waals surface area contributed by atoms with Gasteiger partial charge in [-0.3, -0.25) is 4.79 Å². The summed E-state index contributed by atoms with van der Waals surface area (Å²) in [7, 11) is 1.70. The summed E-state index contributed by atoms with van der Waals surface area (Å²) < 4.78 is 0. The van der Waals surface area contributed by atoms with Crippen molar-refractivity contribution >= 4 is 5.91 Å². The third-order valence-electron chi connectivity index (χ3n) is 2.43. The standard InChI is InChI=1S/C11H23NO/c1-4-5-6-7-8-9-10(2)11(13)12-3/h10H,4-9H2,1-3H3,(H,12,13). The molecule has 0 aliphatic carbocycles. The molecular weight excluding hydrogens is 162 g/mol. The zero-order valence-corrected chi connectivity index (χ0v) is 9.23. The molecule has 0 radical (unpaired) electrons. The highest BCUT2D eigenvalue weighted by Gasteiger charge is 2.09. The van der Waals surface area contributed by atoms with E-state index in [1.54, 1.807) is 7.05 Å². The second kappa shape index (κ2) is 8.09. The van der Waals surface area contributed by atoms with Gasteiger partial charge in [-0.15, -0.1) is 0 Å². The Morgan fingerprint density at radius 1 is 1.23 bits per heavy atom. The molecule has 0 aliphatic heterocycles. The molecule has 0 fully saturated rings. The van der Waals surface area contributed by atoms with Crippen LogP contribution in [0.3, 0.4) is 0 Å². The van der Waals surface area contributed by atoms with Crippen LogP contribution in [-0.2, 0) is 4.79 Å². The first-order valence-corrected chi connectivity index (χ1v) is 5.44. The summed E-state index contributed by atoms with van der Waals surface area (Å²) in [6.07, 6.45) is 7.42. The molecule has 0 heterocycles. The molecule has 0 aromatic carbocycles. The van der Waals surface area contributed by atoms with Gasteiger partial charge in [-0.2, -0.15) is 0 Å². The Morgan fingerprint density at radius 2 is 1.85 bits per heavy atom. The minimum absolute atomic E-state index is 0.176. The molecule has 1 atom stereocenters. The Kier molecular flexibility index (Phi) is 7.76. The zero-order chi connectivity index (χ0) is 10.1. The van der Waals surface area contributed by atoms with E-state index in [0.29, 0.717) is 0 Å². The van der Waals surface area contributed by atoms with Crippen molar-refractivity contribution in [1.82, 2.24) is 5.32 Å². The predicted octanol–water partition coefficient (Wildman–Crippen LogP) is 2.73. The molecule has 0 aliphatic rings. The van der Waals surface area contributed by atoms with Gasteiger partial charge in [-0.1, -0.05) is 46.0 Å². The summed E-state index contributed by atoms with van der Waals surface area (Å²) in [5, 5.41) is 2.68. The first kappa shape index (κ1) is 12.5. The highest BCUT2D eigenvalue weighted by molar-refractivity contribution is 5.77. The van der Waals surface area contributed by atoms with Gasteiger partial charge >= 0.3 is 0 Å². The molecule has 0 rings (SSSR count). The Labute approximate surface area is 82.1 Å². The SMILES string of the molecule is CCCCCCCC(C)C(=O)NC. The van der Waals surface area contributed by atoms with Gasteiger partial charge in [0.2, 0.25) is 5.91 Å². The monoisotopic (exact) mass is 185 g/mol. The Bertz CT molecular complexity index is 134. The molecule has 2 nitrogen and oxygen atoms in total. The molecule has 1 N–H and O–H groups in total. The third-order valence-corrected chi connectivity index (χ3v) is 2.43. The number of hydrogen-bond acceptors (Lipinski definition) is 1. The number of hydrogen-bond donors (Lipinski definition) is 1. The maximum Gasteiger partial charge on any atom is 0.222 e. The van der Waals surface area contributed by atoms with Crippen molar-refractivity contribution in [3.8, 4) is 0 Å². The molecule has 1 unspecified atom stereocenters. The number of rotatable bonds is 7. The molecule has 13 heavy (non-hydrogen) atoms. The lowest BCUT2D eigenvalue weighted by Gasteiger charge is -2.08. The van der Waals surface area contributed by atoms with Gasteiger partial charge in [0.1, 0.15) is 0 Å². The summed E-state index contributed by atoms with van der Waals surface area (Å²) in [5.41, 5.74) is 0. The van der Waals surface area contributed by atoms with Crippen molar-refractivity contribution in [1.29, 1.82) is 0 Å². The van der Waals surface area contributed by atoms with Crippen LogP contribution in [0.25, 0.3) is 0 Å². The van der Waals surface area contributed by atoms with E-state index in [-0.39, 0.29) is 11.8 Å². The average Bonchev–Trinajstić information content (AvgIpc) is 2.16. The van der Waals surface area contributed by atoms with Crippen molar-refractivity contribution < 1.29 is 4.79 Å². The van der Waals surface area contributed by atoms with E-state index >= 15 is 0 Å². The van der Waals surface area contributed by atoms with Gasteiger partial charge in [0.25, 0.3) is 0 Å².